The molecular weight excluding hydrogens is 160 g/mol. The molecule has 4 heteroatoms. The minimum atomic E-state index is -1.70. The lowest BCUT2D eigenvalue weighted by molar-refractivity contribution is -0.159. The molecule has 0 bridgehead atoms. The Bertz CT molecular complexity index is 205. The monoisotopic (exact) mass is 172 g/mol. The molecule has 0 aromatic heterocycles. The zero-order valence-electron chi connectivity index (χ0n) is 7.16. The Labute approximate surface area is 70.8 Å². The van der Waals surface area contributed by atoms with Crippen LogP contribution in [0.4, 0.5) is 0 Å². The zero-order valence-corrected chi connectivity index (χ0v) is 7.16. The van der Waals surface area contributed by atoms with Crippen molar-refractivity contribution in [2.75, 3.05) is 7.11 Å². The van der Waals surface area contributed by atoms with Crippen molar-refractivity contribution in [3.63, 3.8) is 0 Å². The van der Waals surface area contributed by atoms with Gasteiger partial charge in [-0.05, 0) is 6.92 Å². The fourth-order valence-corrected chi connectivity index (χ4v) is 0.686. The van der Waals surface area contributed by atoms with Crippen LogP contribution in [0.25, 0.3) is 0 Å². The van der Waals surface area contributed by atoms with Crippen molar-refractivity contribution in [2.24, 2.45) is 0 Å². The molecule has 0 saturated heterocycles. The van der Waals surface area contributed by atoms with Crippen molar-refractivity contribution in [3.05, 3.63) is 12.7 Å². The second-order valence-corrected chi connectivity index (χ2v) is 2.59. The molecule has 12 heavy (non-hydrogen) atoms. The Balaban J connectivity index is 4.44. The predicted molar refractivity (Wildman–Crippen MR) is 42.5 cm³/mol. The van der Waals surface area contributed by atoms with Crippen molar-refractivity contribution in [1.29, 1.82) is 0 Å². The van der Waals surface area contributed by atoms with Crippen molar-refractivity contribution in [3.8, 4) is 0 Å². The minimum Gasteiger partial charge on any atom is -0.463 e. The van der Waals surface area contributed by atoms with Gasteiger partial charge in [-0.1, -0.05) is 6.08 Å². The first-order valence-corrected chi connectivity index (χ1v) is 3.41. The van der Waals surface area contributed by atoms with Gasteiger partial charge in [0.05, 0.1) is 7.11 Å². The first-order valence-electron chi connectivity index (χ1n) is 3.41. The quantitative estimate of drug-likeness (QED) is 0.370. The zero-order chi connectivity index (χ0) is 9.78. The highest BCUT2D eigenvalue weighted by Crippen LogP contribution is 2.11. The van der Waals surface area contributed by atoms with Crippen LogP contribution < -0.4 is 0 Å². The van der Waals surface area contributed by atoms with Gasteiger partial charge in [-0.3, -0.25) is 4.79 Å². The van der Waals surface area contributed by atoms with E-state index in [0.717, 1.165) is 7.11 Å². The Hall–Kier alpha value is -1.16. The molecule has 0 aliphatic heterocycles. The highest BCUT2D eigenvalue weighted by Gasteiger charge is 2.34. The molecule has 1 atom stereocenters. The molecule has 0 aliphatic carbocycles. The normalized spacial score (nSPS) is 14.6. The molecule has 0 radical (unpaired) electrons. The Morgan fingerprint density at radius 3 is 2.50 bits per heavy atom. The Kier molecular flexibility index (Phi) is 3.63. The molecule has 0 aromatic rings. The van der Waals surface area contributed by atoms with E-state index in [9.17, 15) is 14.7 Å². The van der Waals surface area contributed by atoms with Gasteiger partial charge in [0.25, 0.3) is 5.78 Å². The number of esters is 1. The summed E-state index contributed by atoms with van der Waals surface area (Å²) in [6.45, 7) is 4.59. The highest BCUT2D eigenvalue weighted by molar-refractivity contribution is 6.36. The van der Waals surface area contributed by atoms with Crippen molar-refractivity contribution in [1.82, 2.24) is 0 Å². The van der Waals surface area contributed by atoms with Crippen LogP contribution in [-0.4, -0.2) is 29.6 Å². The molecule has 0 heterocycles. The van der Waals surface area contributed by atoms with Crippen LogP contribution in [0.2, 0.25) is 0 Å². The number of hydrogen-bond acceptors (Lipinski definition) is 4. The molecule has 0 aliphatic rings. The second kappa shape index (κ2) is 4.01. The predicted octanol–water partition coefficient (Wildman–Crippen LogP) is 0.0556. The van der Waals surface area contributed by atoms with Gasteiger partial charge in [-0.25, -0.2) is 4.79 Å². The van der Waals surface area contributed by atoms with Crippen molar-refractivity contribution < 1.29 is 19.4 Å². The third-order valence-electron chi connectivity index (χ3n) is 1.40. The average molecular weight is 172 g/mol. The van der Waals surface area contributed by atoms with Gasteiger partial charge >= 0.3 is 5.97 Å². The Morgan fingerprint density at radius 2 is 2.17 bits per heavy atom. The van der Waals surface area contributed by atoms with Gasteiger partial charge in [0.1, 0.15) is 5.60 Å². The van der Waals surface area contributed by atoms with Gasteiger partial charge in [-0.15, -0.1) is 6.58 Å². The van der Waals surface area contributed by atoms with Gasteiger partial charge in [0, 0.05) is 6.42 Å². The lowest BCUT2D eigenvalue weighted by Crippen LogP contribution is -2.40. The number of ketones is 1. The van der Waals surface area contributed by atoms with Gasteiger partial charge in [-0.2, -0.15) is 0 Å². The summed E-state index contributed by atoms with van der Waals surface area (Å²) >= 11 is 0. The van der Waals surface area contributed by atoms with E-state index in [1.54, 1.807) is 0 Å². The number of methoxy groups -OCH3 is 1. The third kappa shape index (κ3) is 2.47. The number of carbonyl (C=O) groups is 2. The maximum absolute atomic E-state index is 11.0. The summed E-state index contributed by atoms with van der Waals surface area (Å²) in [4.78, 5) is 21.7. The molecule has 0 saturated carbocycles. The first kappa shape index (κ1) is 10.8. The average Bonchev–Trinajstić information content (AvgIpc) is 2.01. The molecule has 0 amide bonds. The maximum atomic E-state index is 11.0. The molecule has 0 fully saturated rings. The van der Waals surface area contributed by atoms with E-state index in [4.69, 9.17) is 0 Å². The number of rotatable bonds is 4. The minimum absolute atomic E-state index is 0.0287. The number of Topliss-reactive ketones (excluding diaryl/α,β-unsaturated/α-hetero) is 1. The summed E-state index contributed by atoms with van der Waals surface area (Å²) in [7, 11) is 1.09. The van der Waals surface area contributed by atoms with Crippen LogP contribution in [0.3, 0.4) is 0 Å². The van der Waals surface area contributed by atoms with Gasteiger partial charge in [0.2, 0.25) is 0 Å². The molecule has 0 aromatic carbocycles. The third-order valence-corrected chi connectivity index (χ3v) is 1.40. The maximum Gasteiger partial charge on any atom is 0.377 e. The lowest BCUT2D eigenvalue weighted by atomic mass is 9.97. The first-order chi connectivity index (χ1) is 5.45. The Morgan fingerprint density at radius 1 is 1.67 bits per heavy atom. The van der Waals surface area contributed by atoms with E-state index < -0.39 is 17.4 Å². The van der Waals surface area contributed by atoms with Crippen LogP contribution in [0.15, 0.2) is 12.7 Å². The summed E-state index contributed by atoms with van der Waals surface area (Å²) < 4.78 is 4.16. The smallest absolute Gasteiger partial charge is 0.377 e. The van der Waals surface area contributed by atoms with Crippen LogP contribution in [0, 0.1) is 0 Å². The summed E-state index contributed by atoms with van der Waals surface area (Å²) in [5, 5.41) is 9.36. The SMILES string of the molecule is C=CC[C@@](C)(O)C(=O)C(=O)OC. The van der Waals surface area contributed by atoms with Gasteiger partial charge < -0.3 is 9.84 Å². The van der Waals surface area contributed by atoms with Crippen molar-refractivity contribution in [2.45, 2.75) is 18.9 Å². The number of ether oxygens (including phenoxy) is 1. The van der Waals surface area contributed by atoms with E-state index in [1.165, 1.54) is 13.0 Å². The number of hydrogen-bond donors (Lipinski definition) is 1. The van der Waals surface area contributed by atoms with Crippen LogP contribution in [0.5, 0.6) is 0 Å². The molecule has 68 valence electrons. The molecule has 0 rings (SSSR count). The second-order valence-electron chi connectivity index (χ2n) is 2.59. The van der Waals surface area contributed by atoms with E-state index in [2.05, 4.69) is 11.3 Å². The van der Waals surface area contributed by atoms with Crippen LogP contribution in [-0.2, 0) is 14.3 Å². The fraction of sp³-hybridized carbons (Fsp3) is 0.500. The molecule has 0 spiro atoms. The van der Waals surface area contributed by atoms with Gasteiger partial charge in [0.15, 0.2) is 0 Å². The summed E-state index contributed by atoms with van der Waals surface area (Å²) in [5.41, 5.74) is -1.70. The van der Waals surface area contributed by atoms with Crippen molar-refractivity contribution >= 4 is 11.8 Å². The number of aliphatic hydroxyl groups is 1. The van der Waals surface area contributed by atoms with Crippen LogP contribution >= 0.6 is 0 Å². The fourth-order valence-electron chi connectivity index (χ4n) is 0.686. The lowest BCUT2D eigenvalue weighted by Gasteiger charge is -2.17. The van der Waals surface area contributed by atoms with E-state index in [1.807, 2.05) is 0 Å². The molecular formula is C8H12O4. The largest absolute Gasteiger partial charge is 0.463 e. The summed E-state index contributed by atoms with van der Waals surface area (Å²) in [5.74, 6) is -1.99. The van der Waals surface area contributed by atoms with E-state index in [0.29, 0.717) is 0 Å². The topological polar surface area (TPSA) is 63.6 Å². The molecule has 0 unspecified atom stereocenters. The summed E-state index contributed by atoms with van der Waals surface area (Å²) in [6.07, 6.45) is 1.39. The summed E-state index contributed by atoms with van der Waals surface area (Å²) in [6, 6.07) is 0. The molecule has 4 nitrogen and oxygen atoms in total. The van der Waals surface area contributed by atoms with Crippen LogP contribution in [0.1, 0.15) is 13.3 Å². The van der Waals surface area contributed by atoms with E-state index in [-0.39, 0.29) is 6.42 Å². The standard InChI is InChI=1S/C8H12O4/c1-4-5-8(2,11)6(9)7(10)12-3/h4,11H,1,5H2,2-3H3/t8-/m1/s1. The molecule has 1 N–H and O–H groups in total. The van der Waals surface area contributed by atoms with E-state index >= 15 is 0 Å². The highest BCUT2D eigenvalue weighted by atomic mass is 16.5. The number of carbonyl (C=O) groups excluding carboxylic acids is 2.